The Morgan fingerprint density at radius 2 is 1.62 bits per heavy atom. The third-order valence-corrected chi connectivity index (χ3v) is 7.54. The third-order valence-electron chi connectivity index (χ3n) is 7.54. The normalized spacial score (nSPS) is 17.2. The maximum Gasteiger partial charge on any atom is 0.352 e. The van der Waals surface area contributed by atoms with Crippen LogP contribution >= 0.6 is 0 Å². The Labute approximate surface area is 215 Å². The van der Waals surface area contributed by atoms with Gasteiger partial charge >= 0.3 is 5.69 Å². The van der Waals surface area contributed by atoms with E-state index in [-0.39, 0.29) is 47.7 Å². The molecule has 2 aromatic heterocycles. The quantitative estimate of drug-likeness (QED) is 0.508. The molecule has 5 rings (SSSR count). The largest absolute Gasteiger partial charge is 0.352 e. The van der Waals surface area contributed by atoms with Gasteiger partial charge in [0.05, 0.1) is 10.9 Å². The molecule has 0 radical (unpaired) electrons. The van der Waals surface area contributed by atoms with E-state index in [4.69, 9.17) is 0 Å². The minimum Gasteiger partial charge on any atom is -0.352 e. The number of hydrogen-bond acceptors (Lipinski definition) is 5. The van der Waals surface area contributed by atoms with Crippen LogP contribution in [0.5, 0.6) is 0 Å². The van der Waals surface area contributed by atoms with Crippen LogP contribution in [0.3, 0.4) is 0 Å². The van der Waals surface area contributed by atoms with Crippen LogP contribution in [0.2, 0.25) is 0 Å². The summed E-state index contributed by atoms with van der Waals surface area (Å²) in [5.41, 5.74) is -0.0770. The van der Waals surface area contributed by atoms with Crippen LogP contribution in [0.1, 0.15) is 82.0 Å². The molecule has 2 saturated carbocycles. The lowest BCUT2D eigenvalue weighted by Gasteiger charge is -2.22. The van der Waals surface area contributed by atoms with E-state index in [9.17, 15) is 19.2 Å². The second kappa shape index (κ2) is 10.5. The van der Waals surface area contributed by atoms with Gasteiger partial charge in [-0.2, -0.15) is 0 Å². The SMILES string of the molecule is CC(C)Cn1c(=O)c2ccc(C(=O)NC3CCCC3)cc2n2c(=O)n(CC(=O)NC3CCCCC3)nc12. The first kappa shape index (κ1) is 25.2. The second-order valence-electron chi connectivity index (χ2n) is 11.0. The number of carbonyl (C=O) groups is 2. The summed E-state index contributed by atoms with van der Waals surface area (Å²) in [6.07, 6.45) is 9.35. The number of nitrogens with one attached hydrogen (secondary N) is 2. The Balaban J connectivity index is 1.56. The van der Waals surface area contributed by atoms with Crippen molar-refractivity contribution in [3.8, 4) is 0 Å². The topological polar surface area (TPSA) is 120 Å². The Morgan fingerprint density at radius 1 is 0.973 bits per heavy atom. The molecule has 10 heteroatoms. The van der Waals surface area contributed by atoms with E-state index in [0.29, 0.717) is 23.0 Å². The van der Waals surface area contributed by atoms with E-state index >= 15 is 0 Å². The van der Waals surface area contributed by atoms with Gasteiger partial charge in [-0.3, -0.25) is 19.0 Å². The predicted molar refractivity (Wildman–Crippen MR) is 141 cm³/mol. The summed E-state index contributed by atoms with van der Waals surface area (Å²) in [5.74, 6) is -0.183. The fourth-order valence-corrected chi connectivity index (χ4v) is 5.68. The van der Waals surface area contributed by atoms with Crippen molar-refractivity contribution in [2.75, 3.05) is 0 Å². The standard InChI is InChI=1S/C27H36N6O4/c1-17(2)15-31-25(36)21-13-12-18(24(35)29-20-10-6-7-11-20)14-22(21)33-26(31)30-32(27(33)37)16-23(34)28-19-8-4-3-5-9-19/h12-14,17,19-20H,3-11,15-16H2,1-2H3,(H,28,34)(H,29,35). The predicted octanol–water partition coefficient (Wildman–Crippen LogP) is 2.59. The van der Waals surface area contributed by atoms with Crippen molar-refractivity contribution in [2.24, 2.45) is 5.92 Å². The van der Waals surface area contributed by atoms with Gasteiger partial charge in [0.15, 0.2) is 0 Å². The van der Waals surface area contributed by atoms with Crippen molar-refractivity contribution in [1.82, 2.24) is 29.4 Å². The summed E-state index contributed by atoms with van der Waals surface area (Å²) in [4.78, 5) is 52.7. The van der Waals surface area contributed by atoms with Gasteiger partial charge in [0, 0.05) is 24.2 Å². The Morgan fingerprint density at radius 3 is 2.30 bits per heavy atom. The zero-order valence-corrected chi connectivity index (χ0v) is 21.7. The first-order valence-corrected chi connectivity index (χ1v) is 13.6. The highest BCUT2D eigenvalue weighted by atomic mass is 16.2. The van der Waals surface area contributed by atoms with Gasteiger partial charge in [-0.15, -0.1) is 5.10 Å². The zero-order chi connectivity index (χ0) is 26.1. The van der Waals surface area contributed by atoms with Gasteiger partial charge in [0.25, 0.3) is 11.5 Å². The van der Waals surface area contributed by atoms with E-state index in [1.165, 1.54) is 15.4 Å². The van der Waals surface area contributed by atoms with Gasteiger partial charge in [0.2, 0.25) is 11.7 Å². The van der Waals surface area contributed by atoms with Crippen molar-refractivity contribution in [1.29, 1.82) is 0 Å². The van der Waals surface area contributed by atoms with Gasteiger partial charge in [0.1, 0.15) is 6.54 Å². The number of nitrogens with zero attached hydrogens (tertiary/aromatic N) is 4. The minimum atomic E-state index is -0.510. The van der Waals surface area contributed by atoms with E-state index < -0.39 is 5.69 Å². The minimum absolute atomic E-state index is 0.120. The lowest BCUT2D eigenvalue weighted by molar-refractivity contribution is -0.122. The summed E-state index contributed by atoms with van der Waals surface area (Å²) in [6.45, 7) is 4.11. The van der Waals surface area contributed by atoms with Crippen LogP contribution in [0, 0.1) is 5.92 Å². The average Bonchev–Trinajstić information content (AvgIpc) is 3.49. The molecule has 37 heavy (non-hydrogen) atoms. The smallest absolute Gasteiger partial charge is 0.352 e. The number of amides is 2. The van der Waals surface area contributed by atoms with Gasteiger partial charge in [-0.05, 0) is 49.8 Å². The van der Waals surface area contributed by atoms with Crippen molar-refractivity contribution < 1.29 is 9.59 Å². The molecule has 1 aromatic carbocycles. The Bertz CT molecular complexity index is 1440. The number of aromatic nitrogens is 4. The molecule has 2 amide bonds. The lowest BCUT2D eigenvalue weighted by Crippen LogP contribution is -2.40. The number of hydrogen-bond donors (Lipinski definition) is 2. The van der Waals surface area contributed by atoms with Crippen LogP contribution < -0.4 is 21.9 Å². The molecule has 2 aliphatic carbocycles. The van der Waals surface area contributed by atoms with Crippen LogP contribution in [0.15, 0.2) is 27.8 Å². The zero-order valence-electron chi connectivity index (χ0n) is 21.7. The molecule has 0 unspecified atom stereocenters. The van der Waals surface area contributed by atoms with Crippen molar-refractivity contribution in [3.63, 3.8) is 0 Å². The molecule has 2 heterocycles. The number of carbonyl (C=O) groups excluding carboxylic acids is 2. The van der Waals surface area contributed by atoms with Crippen molar-refractivity contribution >= 4 is 28.5 Å². The van der Waals surface area contributed by atoms with E-state index in [2.05, 4.69) is 15.7 Å². The maximum absolute atomic E-state index is 13.5. The molecule has 2 N–H and O–H groups in total. The number of benzene rings is 1. The molecular weight excluding hydrogens is 472 g/mol. The van der Waals surface area contributed by atoms with Crippen LogP contribution in [0.4, 0.5) is 0 Å². The monoisotopic (exact) mass is 508 g/mol. The highest BCUT2D eigenvalue weighted by molar-refractivity contribution is 5.98. The number of fused-ring (bicyclic) bond motifs is 3. The first-order chi connectivity index (χ1) is 17.8. The molecular formula is C27H36N6O4. The molecule has 0 saturated heterocycles. The van der Waals surface area contributed by atoms with Gasteiger partial charge in [-0.1, -0.05) is 46.0 Å². The maximum atomic E-state index is 13.5. The molecule has 0 spiro atoms. The van der Waals surface area contributed by atoms with E-state index in [0.717, 1.165) is 56.0 Å². The third kappa shape index (κ3) is 5.19. The summed E-state index contributed by atoms with van der Waals surface area (Å²) < 4.78 is 3.97. The Kier molecular flexibility index (Phi) is 7.17. The fourth-order valence-electron chi connectivity index (χ4n) is 5.68. The average molecular weight is 509 g/mol. The first-order valence-electron chi connectivity index (χ1n) is 13.6. The summed E-state index contributed by atoms with van der Waals surface area (Å²) >= 11 is 0. The van der Waals surface area contributed by atoms with Gasteiger partial charge in [-0.25, -0.2) is 13.9 Å². The molecule has 0 aliphatic heterocycles. The molecule has 10 nitrogen and oxygen atoms in total. The second-order valence-corrected chi connectivity index (χ2v) is 11.0. The molecule has 2 fully saturated rings. The molecule has 3 aromatic rings. The highest BCUT2D eigenvalue weighted by Crippen LogP contribution is 2.20. The highest BCUT2D eigenvalue weighted by Gasteiger charge is 2.23. The molecule has 0 atom stereocenters. The van der Waals surface area contributed by atoms with E-state index in [1.54, 1.807) is 18.2 Å². The van der Waals surface area contributed by atoms with Crippen molar-refractivity contribution in [2.45, 2.75) is 96.8 Å². The fraction of sp³-hybridized carbons (Fsp3) is 0.593. The molecule has 0 bridgehead atoms. The summed E-state index contributed by atoms with van der Waals surface area (Å²) in [6, 6.07) is 5.10. The Hall–Kier alpha value is -3.43. The molecule has 198 valence electrons. The molecule has 2 aliphatic rings. The van der Waals surface area contributed by atoms with Crippen LogP contribution in [0.25, 0.3) is 16.7 Å². The number of rotatable bonds is 7. The lowest BCUT2D eigenvalue weighted by atomic mass is 9.95. The van der Waals surface area contributed by atoms with Gasteiger partial charge < -0.3 is 10.6 Å². The van der Waals surface area contributed by atoms with Crippen LogP contribution in [-0.4, -0.2) is 42.6 Å². The summed E-state index contributed by atoms with van der Waals surface area (Å²) in [7, 11) is 0. The summed E-state index contributed by atoms with van der Waals surface area (Å²) in [5, 5.41) is 10.9. The van der Waals surface area contributed by atoms with E-state index in [1.807, 2.05) is 13.8 Å². The van der Waals surface area contributed by atoms with Crippen molar-refractivity contribution in [3.05, 3.63) is 44.6 Å². The van der Waals surface area contributed by atoms with Crippen LogP contribution in [-0.2, 0) is 17.9 Å².